The molecular weight excluding hydrogens is 224 g/mol. The molecule has 1 aliphatic rings. The van der Waals surface area contributed by atoms with Gasteiger partial charge in [-0.15, -0.1) is 0 Å². The van der Waals surface area contributed by atoms with Crippen LogP contribution in [-0.2, 0) is 4.79 Å². The Kier molecular flexibility index (Phi) is 4.63. The van der Waals surface area contributed by atoms with Gasteiger partial charge in [-0.25, -0.2) is 0 Å². The van der Waals surface area contributed by atoms with Crippen LogP contribution in [0.4, 0.5) is 0 Å². The van der Waals surface area contributed by atoms with E-state index in [9.17, 15) is 9.90 Å². The Hall–Kier alpha value is -0.790. The van der Waals surface area contributed by atoms with Crippen molar-refractivity contribution in [2.75, 3.05) is 0 Å². The molecule has 1 saturated carbocycles. The molecule has 0 heterocycles. The summed E-state index contributed by atoms with van der Waals surface area (Å²) >= 11 is 0. The predicted molar refractivity (Wildman–Crippen MR) is 75.4 cm³/mol. The Bertz CT molecular complexity index is 325. The third-order valence-electron chi connectivity index (χ3n) is 3.93. The second kappa shape index (κ2) is 5.46. The van der Waals surface area contributed by atoms with Crippen molar-refractivity contribution in [1.82, 2.24) is 0 Å². The van der Waals surface area contributed by atoms with Gasteiger partial charge in [-0.3, -0.25) is 4.79 Å². The number of allylic oxidation sites excluding steroid dienone is 2. The van der Waals surface area contributed by atoms with Crippen LogP contribution in [0.25, 0.3) is 0 Å². The third-order valence-corrected chi connectivity index (χ3v) is 3.93. The Balaban J connectivity index is 2.80. The fourth-order valence-electron chi connectivity index (χ4n) is 2.98. The predicted octanol–water partition coefficient (Wildman–Crippen LogP) is 4.36. The van der Waals surface area contributed by atoms with Crippen molar-refractivity contribution >= 4 is 5.97 Å². The molecule has 1 aliphatic carbocycles. The molecule has 0 radical (unpaired) electrons. The van der Waals surface area contributed by atoms with E-state index in [1.807, 2.05) is 0 Å². The van der Waals surface area contributed by atoms with Gasteiger partial charge in [0.2, 0.25) is 0 Å². The maximum Gasteiger partial charge on any atom is 0.307 e. The van der Waals surface area contributed by atoms with Crippen molar-refractivity contribution in [3.8, 4) is 0 Å². The highest BCUT2D eigenvalue weighted by molar-refractivity contribution is 5.76. The fourth-order valence-corrected chi connectivity index (χ4v) is 2.98. The molecule has 2 atom stereocenters. The van der Waals surface area contributed by atoms with Crippen LogP contribution in [0.2, 0.25) is 0 Å². The summed E-state index contributed by atoms with van der Waals surface area (Å²) in [5.74, 6) is 0.671. The summed E-state index contributed by atoms with van der Waals surface area (Å²) < 4.78 is 0. The first-order chi connectivity index (χ1) is 8.16. The average molecular weight is 252 g/mol. The van der Waals surface area contributed by atoms with E-state index in [2.05, 4.69) is 47.6 Å². The van der Waals surface area contributed by atoms with E-state index in [1.54, 1.807) is 0 Å². The van der Waals surface area contributed by atoms with E-state index in [1.165, 1.54) is 5.57 Å². The van der Waals surface area contributed by atoms with E-state index in [0.29, 0.717) is 11.8 Å². The average Bonchev–Trinajstić information content (AvgIpc) is 2.64. The molecule has 2 heteroatoms. The van der Waals surface area contributed by atoms with Gasteiger partial charge in [-0.05, 0) is 36.0 Å². The van der Waals surface area contributed by atoms with Crippen LogP contribution < -0.4 is 0 Å². The number of carbonyl (C=O) groups is 1. The molecule has 1 N–H and O–H groups in total. The molecule has 0 bridgehead atoms. The lowest BCUT2D eigenvalue weighted by molar-refractivity contribution is -0.139. The Morgan fingerprint density at radius 3 is 1.89 bits per heavy atom. The smallest absolute Gasteiger partial charge is 0.307 e. The summed E-state index contributed by atoms with van der Waals surface area (Å²) in [7, 11) is 0. The summed E-state index contributed by atoms with van der Waals surface area (Å²) in [5.41, 5.74) is 1.38. The molecule has 1 rings (SSSR count). The van der Waals surface area contributed by atoms with Crippen molar-refractivity contribution < 1.29 is 9.90 Å². The molecule has 0 spiro atoms. The van der Waals surface area contributed by atoms with Crippen LogP contribution in [0.3, 0.4) is 0 Å². The summed E-state index contributed by atoms with van der Waals surface area (Å²) in [6.07, 6.45) is 4.45. The molecule has 104 valence electrons. The number of rotatable bonds is 6. The number of carboxylic acids is 1. The van der Waals surface area contributed by atoms with Crippen molar-refractivity contribution in [1.29, 1.82) is 0 Å². The lowest BCUT2D eigenvalue weighted by Crippen LogP contribution is -2.03. The van der Waals surface area contributed by atoms with Crippen LogP contribution in [0.5, 0.6) is 0 Å². The Labute approximate surface area is 111 Å². The fraction of sp³-hybridized carbons (Fsp3) is 0.812. The first-order valence-electron chi connectivity index (χ1n) is 7.08. The second-order valence-corrected chi connectivity index (χ2v) is 7.18. The van der Waals surface area contributed by atoms with E-state index in [0.717, 1.165) is 12.8 Å². The monoisotopic (exact) mass is 252 g/mol. The summed E-state index contributed by atoms with van der Waals surface area (Å²) in [4.78, 5) is 11.2. The van der Waals surface area contributed by atoms with Crippen molar-refractivity contribution in [2.24, 2.45) is 29.1 Å². The first-order valence-corrected chi connectivity index (χ1v) is 7.08. The minimum absolute atomic E-state index is 0.0644. The zero-order chi connectivity index (χ0) is 14.1. The highest BCUT2D eigenvalue weighted by Crippen LogP contribution is 2.59. The van der Waals surface area contributed by atoms with Gasteiger partial charge in [-0.2, -0.15) is 0 Å². The molecule has 0 aromatic rings. The first kappa shape index (κ1) is 15.3. The van der Waals surface area contributed by atoms with Gasteiger partial charge in [0.15, 0.2) is 0 Å². The molecule has 0 aromatic heterocycles. The summed E-state index contributed by atoms with van der Waals surface area (Å²) in [5, 5.41) is 9.21. The van der Waals surface area contributed by atoms with E-state index in [4.69, 9.17) is 0 Å². The number of hydrogen-bond donors (Lipinski definition) is 1. The van der Waals surface area contributed by atoms with Gasteiger partial charge in [-0.1, -0.05) is 53.2 Å². The Morgan fingerprint density at radius 2 is 1.61 bits per heavy atom. The number of hydrogen-bond acceptors (Lipinski definition) is 1. The standard InChI is InChI=1S/C16H28O2/c1-10(2)7-12(8-11(3)4)9-13-14(15(17)18)16(13,5)6/h9-11,13-14H,7-8H2,1-6H3,(H,17,18). The molecular formula is C16H28O2. The molecule has 0 aliphatic heterocycles. The van der Waals surface area contributed by atoms with Gasteiger partial charge in [0.1, 0.15) is 0 Å². The van der Waals surface area contributed by atoms with Gasteiger partial charge in [0, 0.05) is 0 Å². The van der Waals surface area contributed by atoms with Crippen LogP contribution in [0.15, 0.2) is 11.6 Å². The van der Waals surface area contributed by atoms with E-state index in [-0.39, 0.29) is 17.3 Å². The van der Waals surface area contributed by atoms with Crippen molar-refractivity contribution in [3.05, 3.63) is 11.6 Å². The number of aliphatic carboxylic acids is 1. The molecule has 0 aromatic carbocycles. The lowest BCUT2D eigenvalue weighted by atomic mass is 9.93. The normalized spacial score (nSPS) is 25.3. The van der Waals surface area contributed by atoms with Crippen molar-refractivity contribution in [2.45, 2.75) is 54.4 Å². The topological polar surface area (TPSA) is 37.3 Å². The molecule has 2 unspecified atom stereocenters. The minimum Gasteiger partial charge on any atom is -0.481 e. The molecule has 1 fully saturated rings. The zero-order valence-corrected chi connectivity index (χ0v) is 12.7. The lowest BCUT2D eigenvalue weighted by Gasteiger charge is -2.13. The van der Waals surface area contributed by atoms with Crippen LogP contribution in [0, 0.1) is 29.1 Å². The van der Waals surface area contributed by atoms with Gasteiger partial charge < -0.3 is 5.11 Å². The van der Waals surface area contributed by atoms with Crippen LogP contribution in [0.1, 0.15) is 54.4 Å². The second-order valence-electron chi connectivity index (χ2n) is 7.18. The van der Waals surface area contributed by atoms with E-state index < -0.39 is 5.97 Å². The van der Waals surface area contributed by atoms with Gasteiger partial charge in [0.25, 0.3) is 0 Å². The van der Waals surface area contributed by atoms with Crippen LogP contribution >= 0.6 is 0 Å². The quantitative estimate of drug-likeness (QED) is 0.713. The largest absolute Gasteiger partial charge is 0.481 e. The van der Waals surface area contributed by atoms with Gasteiger partial charge in [0.05, 0.1) is 5.92 Å². The maximum atomic E-state index is 11.2. The van der Waals surface area contributed by atoms with E-state index >= 15 is 0 Å². The molecule has 0 amide bonds. The summed E-state index contributed by atoms with van der Waals surface area (Å²) in [6, 6.07) is 0. The molecule has 2 nitrogen and oxygen atoms in total. The highest BCUT2D eigenvalue weighted by atomic mass is 16.4. The molecule has 18 heavy (non-hydrogen) atoms. The Morgan fingerprint density at radius 1 is 1.17 bits per heavy atom. The minimum atomic E-state index is -0.644. The summed E-state index contributed by atoms with van der Waals surface area (Å²) in [6.45, 7) is 13.0. The molecule has 0 saturated heterocycles. The highest BCUT2D eigenvalue weighted by Gasteiger charge is 2.60. The maximum absolute atomic E-state index is 11.2. The van der Waals surface area contributed by atoms with Crippen molar-refractivity contribution in [3.63, 3.8) is 0 Å². The van der Waals surface area contributed by atoms with Crippen LogP contribution in [-0.4, -0.2) is 11.1 Å². The third kappa shape index (κ3) is 3.60. The van der Waals surface area contributed by atoms with Gasteiger partial charge >= 0.3 is 5.97 Å². The zero-order valence-electron chi connectivity index (χ0n) is 12.7. The SMILES string of the molecule is CC(C)CC(=CC1C(C(=O)O)C1(C)C)CC(C)C. The number of carboxylic acid groups (broad SMARTS) is 1.